The Hall–Kier alpha value is -2.48. The number of para-hydroxylation sites is 1. The van der Waals surface area contributed by atoms with E-state index in [-0.39, 0.29) is 11.7 Å². The van der Waals surface area contributed by atoms with Gasteiger partial charge < -0.3 is 10.1 Å². The molecule has 1 N–H and O–H groups in total. The van der Waals surface area contributed by atoms with E-state index < -0.39 is 0 Å². The SMILES string of the molecule is C=CCn1c(SCC(=O)Nc2c(Cl)cccc2Cl)nnc1-c1cccc(OC)c1. The summed E-state index contributed by atoms with van der Waals surface area (Å²) in [4.78, 5) is 12.4. The molecule has 2 aromatic carbocycles. The summed E-state index contributed by atoms with van der Waals surface area (Å²) in [6, 6.07) is 12.6. The van der Waals surface area contributed by atoms with E-state index in [1.807, 2.05) is 28.8 Å². The fourth-order valence-electron chi connectivity index (χ4n) is 2.59. The van der Waals surface area contributed by atoms with Crippen molar-refractivity contribution in [1.82, 2.24) is 14.8 Å². The van der Waals surface area contributed by atoms with Gasteiger partial charge in [0, 0.05) is 12.1 Å². The number of carbonyl (C=O) groups excluding carboxylic acids is 1. The molecule has 0 fully saturated rings. The minimum absolute atomic E-state index is 0.120. The van der Waals surface area contributed by atoms with E-state index in [2.05, 4.69) is 22.1 Å². The molecule has 0 spiro atoms. The van der Waals surface area contributed by atoms with Crippen LogP contribution in [0, 0.1) is 0 Å². The van der Waals surface area contributed by atoms with Gasteiger partial charge in [-0.3, -0.25) is 9.36 Å². The van der Waals surface area contributed by atoms with Crippen LogP contribution in [-0.2, 0) is 11.3 Å². The van der Waals surface area contributed by atoms with Gasteiger partial charge in [0.15, 0.2) is 11.0 Å². The van der Waals surface area contributed by atoms with Crippen LogP contribution in [0.5, 0.6) is 5.75 Å². The van der Waals surface area contributed by atoms with Crippen LogP contribution in [0.15, 0.2) is 60.3 Å². The lowest BCUT2D eigenvalue weighted by molar-refractivity contribution is -0.113. The van der Waals surface area contributed by atoms with Crippen LogP contribution in [0.4, 0.5) is 5.69 Å². The summed E-state index contributed by atoms with van der Waals surface area (Å²) in [5.74, 6) is 1.26. The number of nitrogens with one attached hydrogen (secondary N) is 1. The molecule has 1 amide bonds. The number of thioether (sulfide) groups is 1. The fourth-order valence-corrected chi connectivity index (χ4v) is 3.83. The number of carbonyl (C=O) groups is 1. The first-order chi connectivity index (χ1) is 14.0. The van der Waals surface area contributed by atoms with E-state index in [1.54, 1.807) is 31.4 Å². The molecule has 29 heavy (non-hydrogen) atoms. The van der Waals surface area contributed by atoms with Gasteiger partial charge in [-0.25, -0.2) is 0 Å². The predicted molar refractivity (Wildman–Crippen MR) is 118 cm³/mol. The molecule has 3 aromatic rings. The van der Waals surface area contributed by atoms with E-state index in [0.717, 1.165) is 11.3 Å². The Morgan fingerprint density at radius 2 is 1.97 bits per heavy atom. The van der Waals surface area contributed by atoms with Crippen molar-refractivity contribution in [1.29, 1.82) is 0 Å². The van der Waals surface area contributed by atoms with Crippen LogP contribution in [0.3, 0.4) is 0 Å². The average Bonchev–Trinajstić information content (AvgIpc) is 3.12. The third-order valence-electron chi connectivity index (χ3n) is 3.92. The van der Waals surface area contributed by atoms with Gasteiger partial charge in [-0.1, -0.05) is 59.2 Å². The molecule has 3 rings (SSSR count). The number of halogens is 2. The van der Waals surface area contributed by atoms with E-state index in [9.17, 15) is 4.79 Å². The Morgan fingerprint density at radius 3 is 2.66 bits per heavy atom. The second-order valence-corrected chi connectivity index (χ2v) is 7.63. The van der Waals surface area contributed by atoms with E-state index in [0.29, 0.717) is 33.3 Å². The molecule has 0 saturated heterocycles. The number of hydrogen-bond donors (Lipinski definition) is 1. The molecule has 0 aliphatic heterocycles. The molecule has 0 aliphatic carbocycles. The van der Waals surface area contributed by atoms with Crippen LogP contribution >= 0.6 is 35.0 Å². The van der Waals surface area contributed by atoms with E-state index in [1.165, 1.54) is 11.8 Å². The van der Waals surface area contributed by atoms with Crippen LogP contribution in [0.25, 0.3) is 11.4 Å². The zero-order chi connectivity index (χ0) is 20.8. The van der Waals surface area contributed by atoms with Crippen LogP contribution in [0.1, 0.15) is 0 Å². The highest BCUT2D eigenvalue weighted by atomic mass is 35.5. The van der Waals surface area contributed by atoms with Gasteiger partial charge in [0.2, 0.25) is 5.91 Å². The number of aromatic nitrogens is 3. The molecule has 0 atom stereocenters. The minimum Gasteiger partial charge on any atom is -0.497 e. The topological polar surface area (TPSA) is 69.0 Å². The summed E-state index contributed by atoms with van der Waals surface area (Å²) in [5.41, 5.74) is 1.25. The Labute approximate surface area is 182 Å². The lowest BCUT2D eigenvalue weighted by Gasteiger charge is -2.10. The smallest absolute Gasteiger partial charge is 0.234 e. The summed E-state index contributed by atoms with van der Waals surface area (Å²) >= 11 is 13.5. The first-order valence-electron chi connectivity index (χ1n) is 8.58. The standard InChI is InChI=1S/C20H18Cl2N4O2S/c1-3-10-26-19(13-6-4-7-14(11-13)28-2)24-25-20(26)29-12-17(27)23-18-15(21)8-5-9-16(18)22/h3-9,11H,1,10,12H2,2H3,(H,23,27). The summed E-state index contributed by atoms with van der Waals surface area (Å²) in [6.07, 6.45) is 1.75. The van der Waals surface area contributed by atoms with Crippen LogP contribution < -0.4 is 10.1 Å². The molecule has 0 bridgehead atoms. The number of nitrogens with zero attached hydrogens (tertiary/aromatic N) is 3. The number of ether oxygens (including phenoxy) is 1. The van der Waals surface area contributed by atoms with E-state index in [4.69, 9.17) is 27.9 Å². The number of rotatable bonds is 8. The van der Waals surface area contributed by atoms with Crippen molar-refractivity contribution in [3.05, 3.63) is 65.2 Å². The lowest BCUT2D eigenvalue weighted by Crippen LogP contribution is -2.15. The molecule has 1 aromatic heterocycles. The summed E-state index contributed by atoms with van der Waals surface area (Å²) in [6.45, 7) is 4.30. The number of benzene rings is 2. The molecular weight excluding hydrogens is 431 g/mol. The maximum atomic E-state index is 12.4. The second kappa shape index (κ2) is 9.82. The zero-order valence-corrected chi connectivity index (χ0v) is 17.9. The van der Waals surface area contributed by atoms with Crippen LogP contribution in [-0.4, -0.2) is 33.5 Å². The van der Waals surface area contributed by atoms with Gasteiger partial charge >= 0.3 is 0 Å². The summed E-state index contributed by atoms with van der Waals surface area (Å²) < 4.78 is 7.17. The highest BCUT2D eigenvalue weighted by Crippen LogP contribution is 2.30. The van der Waals surface area contributed by atoms with Crippen molar-refractivity contribution in [3.63, 3.8) is 0 Å². The Bertz CT molecular complexity index is 1020. The first kappa shape index (κ1) is 21.2. The van der Waals surface area contributed by atoms with Gasteiger partial charge in [-0.15, -0.1) is 16.8 Å². The predicted octanol–water partition coefficient (Wildman–Crippen LogP) is 5.18. The molecule has 0 unspecified atom stereocenters. The van der Waals surface area contributed by atoms with Crippen molar-refractivity contribution in [2.45, 2.75) is 11.7 Å². The molecule has 0 radical (unpaired) electrons. The maximum absolute atomic E-state index is 12.4. The minimum atomic E-state index is -0.249. The molecule has 0 saturated carbocycles. The number of anilines is 1. The lowest BCUT2D eigenvalue weighted by atomic mass is 10.2. The quantitative estimate of drug-likeness (QED) is 0.379. The molecular formula is C20H18Cl2N4O2S. The normalized spacial score (nSPS) is 10.6. The highest BCUT2D eigenvalue weighted by molar-refractivity contribution is 7.99. The number of methoxy groups -OCH3 is 1. The van der Waals surface area contributed by atoms with Crippen molar-refractivity contribution in [3.8, 4) is 17.1 Å². The third kappa shape index (κ3) is 5.12. The number of hydrogen-bond acceptors (Lipinski definition) is 5. The van der Waals surface area contributed by atoms with Gasteiger partial charge in [0.25, 0.3) is 0 Å². The molecule has 9 heteroatoms. The number of allylic oxidation sites excluding steroid dienone is 1. The maximum Gasteiger partial charge on any atom is 0.234 e. The Kier molecular flexibility index (Phi) is 7.19. The van der Waals surface area contributed by atoms with Crippen molar-refractivity contribution < 1.29 is 9.53 Å². The molecule has 150 valence electrons. The summed E-state index contributed by atoms with van der Waals surface area (Å²) in [7, 11) is 1.61. The van der Waals surface area contributed by atoms with E-state index >= 15 is 0 Å². The zero-order valence-electron chi connectivity index (χ0n) is 15.6. The summed E-state index contributed by atoms with van der Waals surface area (Å²) in [5, 5.41) is 12.6. The molecule has 6 nitrogen and oxygen atoms in total. The second-order valence-electron chi connectivity index (χ2n) is 5.87. The van der Waals surface area contributed by atoms with Gasteiger partial charge in [0.05, 0.1) is 28.6 Å². The third-order valence-corrected chi connectivity index (χ3v) is 5.51. The van der Waals surface area contributed by atoms with Gasteiger partial charge in [0.1, 0.15) is 5.75 Å². The number of amides is 1. The Morgan fingerprint density at radius 1 is 1.24 bits per heavy atom. The molecule has 1 heterocycles. The van der Waals surface area contributed by atoms with Gasteiger partial charge in [-0.05, 0) is 24.3 Å². The van der Waals surface area contributed by atoms with Gasteiger partial charge in [-0.2, -0.15) is 0 Å². The highest BCUT2D eigenvalue weighted by Gasteiger charge is 2.16. The Balaban J connectivity index is 1.76. The van der Waals surface area contributed by atoms with Crippen molar-refractivity contribution in [2.24, 2.45) is 0 Å². The largest absolute Gasteiger partial charge is 0.497 e. The van der Waals surface area contributed by atoms with Crippen molar-refractivity contribution in [2.75, 3.05) is 18.2 Å². The monoisotopic (exact) mass is 448 g/mol. The van der Waals surface area contributed by atoms with Crippen molar-refractivity contribution >= 4 is 46.6 Å². The average molecular weight is 449 g/mol. The fraction of sp³-hybridized carbons (Fsp3) is 0.150. The van der Waals surface area contributed by atoms with Crippen LogP contribution in [0.2, 0.25) is 10.0 Å². The molecule has 0 aliphatic rings. The first-order valence-corrected chi connectivity index (χ1v) is 10.3.